The summed E-state index contributed by atoms with van der Waals surface area (Å²) in [6.07, 6.45) is 12.7. The smallest absolute Gasteiger partial charge is 0.415 e. The van der Waals surface area contributed by atoms with Gasteiger partial charge < -0.3 is 14.7 Å². The first kappa shape index (κ1) is 20.8. The van der Waals surface area contributed by atoms with Gasteiger partial charge in [-0.05, 0) is 76.0 Å². The Morgan fingerprint density at radius 3 is 2.68 bits per heavy atom. The van der Waals surface area contributed by atoms with Gasteiger partial charge in [-0.15, -0.1) is 0 Å². The second-order valence-corrected chi connectivity index (χ2v) is 8.41. The van der Waals surface area contributed by atoms with Gasteiger partial charge in [0, 0.05) is 24.6 Å². The van der Waals surface area contributed by atoms with Gasteiger partial charge in [-0.2, -0.15) is 0 Å². The number of ether oxygens (including phenoxy) is 1. The number of piperidine rings is 1. The maximum Gasteiger partial charge on any atom is 0.415 e. The quantitative estimate of drug-likeness (QED) is 0.460. The maximum absolute atomic E-state index is 12.8. The minimum Gasteiger partial charge on any atom is -0.507 e. The summed E-state index contributed by atoms with van der Waals surface area (Å²) in [7, 11) is 0. The van der Waals surface area contributed by atoms with Crippen molar-refractivity contribution in [1.82, 2.24) is 4.90 Å². The van der Waals surface area contributed by atoms with Crippen LogP contribution in [0.3, 0.4) is 0 Å². The van der Waals surface area contributed by atoms with Gasteiger partial charge in [0.1, 0.15) is 11.5 Å². The predicted molar refractivity (Wildman–Crippen MR) is 113 cm³/mol. The molecule has 2 aliphatic rings. The zero-order chi connectivity index (χ0) is 19.9. The first-order valence-electron chi connectivity index (χ1n) is 11.1. The Balaban J connectivity index is 1.88. The Labute approximate surface area is 169 Å². The number of carbonyl (C=O) groups is 1. The van der Waals surface area contributed by atoms with Crippen LogP contribution in [0.15, 0.2) is 23.8 Å². The number of amides is 1. The van der Waals surface area contributed by atoms with E-state index >= 15 is 0 Å². The molecule has 0 unspecified atom stereocenters. The molecular formula is C24H35NO3. The largest absolute Gasteiger partial charge is 0.507 e. The van der Waals surface area contributed by atoms with Crippen LogP contribution in [0.25, 0.3) is 0 Å². The van der Waals surface area contributed by atoms with Crippen LogP contribution in [0, 0.1) is 0 Å². The number of benzene rings is 1. The zero-order valence-electron chi connectivity index (χ0n) is 17.5. The van der Waals surface area contributed by atoms with Crippen LogP contribution in [0.5, 0.6) is 11.5 Å². The summed E-state index contributed by atoms with van der Waals surface area (Å²) in [4.78, 5) is 14.6. The monoisotopic (exact) mass is 385 g/mol. The number of hydrogen-bond donors (Lipinski definition) is 1. The fourth-order valence-electron chi connectivity index (χ4n) is 4.42. The summed E-state index contributed by atoms with van der Waals surface area (Å²) >= 11 is 0. The highest BCUT2D eigenvalue weighted by Gasteiger charge is 2.26. The van der Waals surface area contributed by atoms with Crippen molar-refractivity contribution in [3.05, 3.63) is 34.9 Å². The van der Waals surface area contributed by atoms with E-state index < -0.39 is 0 Å². The molecule has 1 aromatic rings. The topological polar surface area (TPSA) is 49.8 Å². The number of allylic oxidation sites excluding steroid dienone is 2. The molecule has 4 heteroatoms. The van der Waals surface area contributed by atoms with Gasteiger partial charge in [0.15, 0.2) is 0 Å². The first-order chi connectivity index (χ1) is 13.6. The van der Waals surface area contributed by atoms with Gasteiger partial charge in [-0.3, -0.25) is 0 Å². The standard InChI is InChI=1S/C24H35NO3/c1-3-4-6-11-19-16-21(26)23(20-12-9-10-18(2)15-20)22(17-19)28-24(27)25-13-7-5-8-14-25/h15-17,20,26H,3-14H2,1-2H3/t20-/m0/s1. The third kappa shape index (κ3) is 5.30. The van der Waals surface area contributed by atoms with Crippen LogP contribution in [0.4, 0.5) is 4.79 Å². The average Bonchev–Trinajstić information content (AvgIpc) is 2.68. The van der Waals surface area contributed by atoms with E-state index in [9.17, 15) is 9.90 Å². The molecule has 1 aliphatic heterocycles. The van der Waals surface area contributed by atoms with Crippen LogP contribution in [0.2, 0.25) is 0 Å². The number of aromatic hydroxyl groups is 1. The Bertz CT molecular complexity index is 704. The Morgan fingerprint density at radius 2 is 1.96 bits per heavy atom. The molecule has 1 atom stereocenters. The molecule has 1 fully saturated rings. The lowest BCUT2D eigenvalue weighted by atomic mass is 9.84. The SMILES string of the molecule is CCCCCc1cc(O)c([C@@H]2C=C(C)CCC2)c(OC(=O)N2CCCCC2)c1. The fourth-order valence-corrected chi connectivity index (χ4v) is 4.42. The molecule has 0 radical (unpaired) electrons. The van der Waals surface area contributed by atoms with Gasteiger partial charge in [-0.25, -0.2) is 4.79 Å². The third-order valence-electron chi connectivity index (χ3n) is 6.00. The Morgan fingerprint density at radius 1 is 1.18 bits per heavy atom. The average molecular weight is 386 g/mol. The molecule has 3 rings (SSSR count). The molecule has 1 aliphatic carbocycles. The minimum atomic E-state index is -0.275. The third-order valence-corrected chi connectivity index (χ3v) is 6.00. The normalized spacial score (nSPS) is 20.0. The van der Waals surface area contributed by atoms with Crippen LogP contribution >= 0.6 is 0 Å². The Hall–Kier alpha value is -1.97. The van der Waals surface area contributed by atoms with Crippen LogP contribution < -0.4 is 4.74 Å². The van der Waals surface area contributed by atoms with Crippen LogP contribution in [0.1, 0.15) is 88.7 Å². The second kappa shape index (κ2) is 9.99. The number of hydrogen-bond acceptors (Lipinski definition) is 3. The number of rotatable bonds is 6. The van der Waals surface area contributed by atoms with Gasteiger partial charge in [0.2, 0.25) is 0 Å². The van der Waals surface area contributed by atoms with Crippen molar-refractivity contribution in [3.63, 3.8) is 0 Å². The molecule has 4 nitrogen and oxygen atoms in total. The molecule has 0 saturated carbocycles. The van der Waals surface area contributed by atoms with E-state index in [2.05, 4.69) is 19.9 Å². The number of likely N-dealkylation sites (tertiary alicyclic amines) is 1. The van der Waals surface area contributed by atoms with E-state index in [1.807, 2.05) is 12.1 Å². The first-order valence-corrected chi connectivity index (χ1v) is 11.1. The molecule has 1 saturated heterocycles. The van der Waals surface area contributed by atoms with E-state index in [-0.39, 0.29) is 17.8 Å². The highest BCUT2D eigenvalue weighted by Crippen LogP contribution is 2.42. The van der Waals surface area contributed by atoms with Crippen molar-refractivity contribution < 1.29 is 14.6 Å². The van der Waals surface area contributed by atoms with Gasteiger partial charge >= 0.3 is 6.09 Å². The van der Waals surface area contributed by atoms with Crippen LogP contribution in [-0.4, -0.2) is 29.2 Å². The van der Waals surface area contributed by atoms with Crippen molar-refractivity contribution in [2.75, 3.05) is 13.1 Å². The molecule has 1 amide bonds. The second-order valence-electron chi connectivity index (χ2n) is 8.41. The maximum atomic E-state index is 12.8. The lowest BCUT2D eigenvalue weighted by Crippen LogP contribution is -2.37. The number of phenols is 1. The van der Waals surface area contributed by atoms with Gasteiger partial charge in [-0.1, -0.05) is 31.4 Å². The molecule has 0 spiro atoms. The van der Waals surface area contributed by atoms with Crippen molar-refractivity contribution in [3.8, 4) is 11.5 Å². The van der Waals surface area contributed by atoms with Crippen molar-refractivity contribution in [1.29, 1.82) is 0 Å². The summed E-state index contributed by atoms with van der Waals surface area (Å²) in [5.74, 6) is 0.937. The summed E-state index contributed by atoms with van der Waals surface area (Å²) in [6, 6.07) is 3.87. The molecule has 1 aromatic carbocycles. The van der Waals surface area contributed by atoms with Crippen molar-refractivity contribution in [2.45, 2.75) is 84.0 Å². The lowest BCUT2D eigenvalue weighted by Gasteiger charge is -2.28. The summed E-state index contributed by atoms with van der Waals surface area (Å²) in [5.41, 5.74) is 3.17. The number of carbonyl (C=O) groups excluding carboxylic acids is 1. The van der Waals surface area contributed by atoms with Gasteiger partial charge in [0.05, 0.1) is 0 Å². The van der Waals surface area contributed by atoms with E-state index in [0.717, 1.165) is 82.0 Å². The molecule has 28 heavy (non-hydrogen) atoms. The fraction of sp³-hybridized carbons (Fsp3) is 0.625. The Kier molecular flexibility index (Phi) is 7.41. The molecule has 154 valence electrons. The molecule has 1 heterocycles. The van der Waals surface area contributed by atoms with Crippen molar-refractivity contribution in [2.24, 2.45) is 0 Å². The molecule has 0 aromatic heterocycles. The number of aryl methyl sites for hydroxylation is 1. The van der Waals surface area contributed by atoms with Gasteiger partial charge in [0.25, 0.3) is 0 Å². The highest BCUT2D eigenvalue weighted by atomic mass is 16.6. The van der Waals surface area contributed by atoms with E-state index in [4.69, 9.17) is 4.74 Å². The zero-order valence-corrected chi connectivity index (χ0v) is 17.5. The number of phenolic OH excluding ortho intramolecular Hbond substituents is 1. The summed E-state index contributed by atoms with van der Waals surface area (Å²) in [5, 5.41) is 10.9. The lowest BCUT2D eigenvalue weighted by molar-refractivity contribution is 0.142. The molecule has 0 bridgehead atoms. The minimum absolute atomic E-state index is 0.114. The van der Waals surface area contributed by atoms with E-state index in [1.54, 1.807) is 4.90 Å². The summed E-state index contributed by atoms with van der Waals surface area (Å²) in [6.45, 7) is 5.85. The molecule has 1 N–H and O–H groups in total. The predicted octanol–water partition coefficient (Wildman–Crippen LogP) is 6.32. The van der Waals surface area contributed by atoms with Crippen molar-refractivity contribution >= 4 is 6.09 Å². The number of unbranched alkanes of at least 4 members (excludes halogenated alkanes) is 2. The van der Waals surface area contributed by atoms with E-state index in [1.165, 1.54) is 12.0 Å². The number of nitrogens with zero attached hydrogens (tertiary/aromatic N) is 1. The highest BCUT2D eigenvalue weighted by molar-refractivity contribution is 5.72. The van der Waals surface area contributed by atoms with Crippen LogP contribution in [-0.2, 0) is 6.42 Å². The molecular weight excluding hydrogens is 350 g/mol. The summed E-state index contributed by atoms with van der Waals surface area (Å²) < 4.78 is 5.90. The van der Waals surface area contributed by atoms with E-state index in [0.29, 0.717) is 5.75 Å².